The van der Waals surface area contributed by atoms with Gasteiger partial charge < -0.3 is 15.2 Å². The van der Waals surface area contributed by atoms with Crippen molar-refractivity contribution >= 4 is 11.7 Å². The molecule has 0 spiro atoms. The third-order valence-electron chi connectivity index (χ3n) is 2.16. The summed E-state index contributed by atoms with van der Waals surface area (Å²) in [4.78, 5) is 10.5. The molecule has 0 aromatic heterocycles. The summed E-state index contributed by atoms with van der Waals surface area (Å²) >= 11 is 0. The van der Waals surface area contributed by atoms with Crippen molar-refractivity contribution in [3.8, 4) is 5.75 Å². The SMILES string of the molecule is O=C(O)C[C@@H]1COc2cc(F)ccc2N1. The van der Waals surface area contributed by atoms with E-state index in [9.17, 15) is 9.18 Å². The highest BCUT2D eigenvalue weighted by molar-refractivity contribution is 5.69. The van der Waals surface area contributed by atoms with E-state index in [-0.39, 0.29) is 24.9 Å². The number of carboxylic acid groups (broad SMARTS) is 1. The Kier molecular flexibility index (Phi) is 2.45. The Morgan fingerprint density at radius 2 is 2.47 bits per heavy atom. The Morgan fingerprint density at radius 3 is 3.20 bits per heavy atom. The molecule has 1 heterocycles. The number of halogens is 1. The molecule has 2 rings (SSSR count). The van der Waals surface area contributed by atoms with E-state index in [0.29, 0.717) is 11.4 Å². The van der Waals surface area contributed by atoms with Crippen LogP contribution in [-0.4, -0.2) is 23.7 Å². The second-order valence-corrected chi connectivity index (χ2v) is 3.39. The summed E-state index contributed by atoms with van der Waals surface area (Å²) in [5, 5.41) is 11.6. The molecule has 1 aliphatic rings. The van der Waals surface area contributed by atoms with Crippen LogP contribution >= 0.6 is 0 Å². The molecule has 5 heteroatoms. The second kappa shape index (κ2) is 3.76. The summed E-state index contributed by atoms with van der Waals surface area (Å²) in [6.07, 6.45) is -0.0170. The van der Waals surface area contributed by atoms with E-state index in [1.165, 1.54) is 12.1 Å². The van der Waals surface area contributed by atoms with Gasteiger partial charge in [0.15, 0.2) is 0 Å². The van der Waals surface area contributed by atoms with Crippen LogP contribution in [0.4, 0.5) is 10.1 Å². The van der Waals surface area contributed by atoms with Crippen molar-refractivity contribution in [3.63, 3.8) is 0 Å². The van der Waals surface area contributed by atoms with Crippen molar-refractivity contribution in [1.29, 1.82) is 0 Å². The Labute approximate surface area is 85.7 Å². The van der Waals surface area contributed by atoms with E-state index < -0.39 is 5.97 Å². The molecule has 1 aliphatic heterocycles. The molecule has 15 heavy (non-hydrogen) atoms. The van der Waals surface area contributed by atoms with Crippen molar-refractivity contribution in [3.05, 3.63) is 24.0 Å². The highest BCUT2D eigenvalue weighted by Crippen LogP contribution is 2.29. The summed E-state index contributed by atoms with van der Waals surface area (Å²) in [7, 11) is 0. The average molecular weight is 211 g/mol. The molecule has 0 saturated heterocycles. The van der Waals surface area contributed by atoms with Gasteiger partial charge in [-0.05, 0) is 12.1 Å². The topological polar surface area (TPSA) is 58.6 Å². The number of aliphatic carboxylic acids is 1. The molecule has 80 valence electrons. The largest absolute Gasteiger partial charge is 0.489 e. The number of carboxylic acids is 1. The minimum Gasteiger partial charge on any atom is -0.489 e. The van der Waals surface area contributed by atoms with Gasteiger partial charge in [-0.25, -0.2) is 4.39 Å². The van der Waals surface area contributed by atoms with Gasteiger partial charge in [-0.15, -0.1) is 0 Å². The van der Waals surface area contributed by atoms with E-state index in [2.05, 4.69) is 5.32 Å². The molecule has 0 unspecified atom stereocenters. The standard InChI is InChI=1S/C10H10FNO3/c11-6-1-2-8-9(3-6)15-5-7(12-8)4-10(13)14/h1-3,7,12H,4-5H2,(H,13,14)/t7-/m1/s1. The summed E-state index contributed by atoms with van der Waals surface area (Å²) in [5.74, 6) is -0.828. The van der Waals surface area contributed by atoms with Gasteiger partial charge in [-0.2, -0.15) is 0 Å². The first-order valence-electron chi connectivity index (χ1n) is 4.56. The fraction of sp³-hybridized carbons (Fsp3) is 0.300. The zero-order valence-electron chi connectivity index (χ0n) is 7.87. The summed E-state index contributed by atoms with van der Waals surface area (Å²) < 4.78 is 18.1. The van der Waals surface area contributed by atoms with Crippen LogP contribution in [0.25, 0.3) is 0 Å². The molecule has 4 nitrogen and oxygen atoms in total. The molecule has 0 aliphatic carbocycles. The Bertz CT molecular complexity index is 394. The number of nitrogens with one attached hydrogen (secondary N) is 1. The number of fused-ring (bicyclic) bond motifs is 1. The van der Waals surface area contributed by atoms with Crippen LogP contribution in [0, 0.1) is 5.82 Å². The number of anilines is 1. The maximum atomic E-state index is 12.8. The molecule has 0 amide bonds. The van der Waals surface area contributed by atoms with E-state index in [0.717, 1.165) is 0 Å². The lowest BCUT2D eigenvalue weighted by molar-refractivity contribution is -0.137. The number of rotatable bonds is 2. The molecule has 1 atom stereocenters. The Balaban J connectivity index is 2.13. The van der Waals surface area contributed by atoms with Crippen LogP contribution in [-0.2, 0) is 4.79 Å². The van der Waals surface area contributed by atoms with Gasteiger partial charge in [-0.3, -0.25) is 4.79 Å². The molecule has 0 radical (unpaired) electrons. The van der Waals surface area contributed by atoms with Crippen LogP contribution in [0.2, 0.25) is 0 Å². The number of benzene rings is 1. The number of hydrogen-bond acceptors (Lipinski definition) is 3. The molecular formula is C10H10FNO3. The third-order valence-corrected chi connectivity index (χ3v) is 2.16. The quantitative estimate of drug-likeness (QED) is 0.777. The summed E-state index contributed by atoms with van der Waals surface area (Å²) in [6.45, 7) is 0.239. The van der Waals surface area contributed by atoms with Crippen molar-refractivity contribution in [2.45, 2.75) is 12.5 Å². The second-order valence-electron chi connectivity index (χ2n) is 3.39. The predicted molar refractivity (Wildman–Crippen MR) is 51.6 cm³/mol. The van der Waals surface area contributed by atoms with Crippen LogP contribution in [0.5, 0.6) is 5.75 Å². The number of hydrogen-bond donors (Lipinski definition) is 2. The zero-order valence-corrected chi connectivity index (χ0v) is 7.87. The smallest absolute Gasteiger partial charge is 0.305 e. The molecule has 1 aromatic carbocycles. The van der Waals surface area contributed by atoms with E-state index in [1.54, 1.807) is 6.07 Å². The molecule has 0 saturated carbocycles. The van der Waals surface area contributed by atoms with Crippen molar-refractivity contribution in [2.24, 2.45) is 0 Å². The van der Waals surface area contributed by atoms with Crippen LogP contribution < -0.4 is 10.1 Å². The summed E-state index contributed by atoms with van der Waals surface area (Å²) in [5.41, 5.74) is 0.633. The lowest BCUT2D eigenvalue weighted by Gasteiger charge is -2.26. The summed E-state index contributed by atoms with van der Waals surface area (Å²) in [6, 6.07) is 3.86. The third kappa shape index (κ3) is 2.18. The van der Waals surface area contributed by atoms with Crippen molar-refractivity contribution in [2.75, 3.05) is 11.9 Å². The van der Waals surface area contributed by atoms with E-state index >= 15 is 0 Å². The molecule has 1 aromatic rings. The average Bonchev–Trinajstić information content (AvgIpc) is 2.17. The fourth-order valence-corrected chi connectivity index (χ4v) is 1.51. The first-order chi connectivity index (χ1) is 7.15. The van der Waals surface area contributed by atoms with Crippen LogP contribution in [0.1, 0.15) is 6.42 Å². The molecule has 2 N–H and O–H groups in total. The fourth-order valence-electron chi connectivity index (χ4n) is 1.51. The minimum atomic E-state index is -0.887. The predicted octanol–water partition coefficient (Wildman–Crippen LogP) is 1.47. The molecular weight excluding hydrogens is 201 g/mol. The van der Waals surface area contributed by atoms with Gasteiger partial charge in [0, 0.05) is 6.07 Å². The highest BCUT2D eigenvalue weighted by Gasteiger charge is 2.21. The Hall–Kier alpha value is -1.78. The maximum absolute atomic E-state index is 12.8. The minimum absolute atomic E-state index is 0.0170. The molecule has 0 fully saturated rings. The maximum Gasteiger partial charge on any atom is 0.305 e. The van der Waals surface area contributed by atoms with Gasteiger partial charge in [0.25, 0.3) is 0 Å². The van der Waals surface area contributed by atoms with Crippen LogP contribution in [0.3, 0.4) is 0 Å². The monoisotopic (exact) mass is 211 g/mol. The lowest BCUT2D eigenvalue weighted by Crippen LogP contribution is -2.33. The normalized spacial score (nSPS) is 18.6. The zero-order chi connectivity index (χ0) is 10.8. The van der Waals surface area contributed by atoms with Gasteiger partial charge in [0.2, 0.25) is 0 Å². The highest BCUT2D eigenvalue weighted by atomic mass is 19.1. The van der Waals surface area contributed by atoms with Crippen LogP contribution in [0.15, 0.2) is 18.2 Å². The first kappa shape index (κ1) is 9.76. The Morgan fingerprint density at radius 1 is 1.67 bits per heavy atom. The van der Waals surface area contributed by atoms with Gasteiger partial charge in [0.1, 0.15) is 18.2 Å². The van der Waals surface area contributed by atoms with Gasteiger partial charge in [0.05, 0.1) is 18.2 Å². The lowest BCUT2D eigenvalue weighted by atomic mass is 10.1. The van der Waals surface area contributed by atoms with Gasteiger partial charge in [-0.1, -0.05) is 0 Å². The number of ether oxygens (including phenoxy) is 1. The van der Waals surface area contributed by atoms with E-state index in [1.807, 2.05) is 0 Å². The van der Waals surface area contributed by atoms with Crippen molar-refractivity contribution in [1.82, 2.24) is 0 Å². The van der Waals surface area contributed by atoms with E-state index in [4.69, 9.17) is 9.84 Å². The van der Waals surface area contributed by atoms with Crippen molar-refractivity contribution < 1.29 is 19.0 Å². The van der Waals surface area contributed by atoms with Gasteiger partial charge >= 0.3 is 5.97 Å². The number of carbonyl (C=O) groups is 1. The first-order valence-corrected chi connectivity index (χ1v) is 4.56. The molecule has 0 bridgehead atoms.